The van der Waals surface area contributed by atoms with Crippen LogP contribution in [0.4, 0.5) is 5.69 Å². The summed E-state index contributed by atoms with van der Waals surface area (Å²) in [5.74, 6) is -0.943. The minimum atomic E-state index is -3.91. The second-order valence-corrected chi connectivity index (χ2v) is 9.69. The first-order chi connectivity index (χ1) is 13.4. The summed E-state index contributed by atoms with van der Waals surface area (Å²) < 4.78 is 27.2. The van der Waals surface area contributed by atoms with Crippen LogP contribution in [0, 0.1) is 0 Å². The third-order valence-electron chi connectivity index (χ3n) is 3.77. The van der Waals surface area contributed by atoms with Gasteiger partial charge in [0.1, 0.15) is 0 Å². The van der Waals surface area contributed by atoms with Gasteiger partial charge >= 0.3 is 0 Å². The van der Waals surface area contributed by atoms with Crippen LogP contribution in [-0.4, -0.2) is 31.8 Å². The lowest BCUT2D eigenvalue weighted by atomic mass is 10.1. The van der Waals surface area contributed by atoms with Crippen molar-refractivity contribution in [3.05, 3.63) is 59.1 Å². The van der Waals surface area contributed by atoms with Crippen molar-refractivity contribution < 1.29 is 18.0 Å². The fourth-order valence-corrected chi connectivity index (χ4v) is 3.74. The molecule has 0 aliphatic rings. The summed E-state index contributed by atoms with van der Waals surface area (Å²) in [6, 6.07) is 11.0. The number of para-hydroxylation sites is 1. The first kappa shape index (κ1) is 22.9. The topological polar surface area (TPSA) is 104 Å². The van der Waals surface area contributed by atoms with Gasteiger partial charge < -0.3 is 10.6 Å². The van der Waals surface area contributed by atoms with Gasteiger partial charge in [-0.15, -0.1) is 0 Å². The first-order valence-corrected chi connectivity index (χ1v) is 10.8. The average Bonchev–Trinajstić information content (AvgIpc) is 2.60. The molecule has 0 unspecified atom stereocenters. The highest BCUT2D eigenvalue weighted by molar-refractivity contribution is 7.89. The van der Waals surface area contributed by atoms with E-state index in [1.54, 1.807) is 24.3 Å². The molecule has 0 spiro atoms. The Balaban J connectivity index is 2.14. The normalized spacial score (nSPS) is 12.9. The van der Waals surface area contributed by atoms with Crippen molar-refractivity contribution in [2.24, 2.45) is 0 Å². The summed E-state index contributed by atoms with van der Waals surface area (Å²) in [6.45, 7) is 6.96. The Kier molecular flexibility index (Phi) is 7.05. The third-order valence-corrected chi connectivity index (χ3v) is 5.58. The van der Waals surface area contributed by atoms with E-state index in [0.717, 1.165) is 0 Å². The van der Waals surface area contributed by atoms with E-state index in [2.05, 4.69) is 15.4 Å². The van der Waals surface area contributed by atoms with Crippen molar-refractivity contribution >= 4 is 39.1 Å². The molecule has 156 valence electrons. The SMILES string of the molecule is C[C@H](NS(=O)(=O)c1ccc(Cl)cc1)C(=O)Nc1ccccc1C(=O)NC(C)(C)C. The molecule has 3 N–H and O–H groups in total. The number of sulfonamides is 1. The second kappa shape index (κ2) is 8.94. The Bertz CT molecular complexity index is 999. The number of carbonyl (C=O) groups excluding carboxylic acids is 2. The van der Waals surface area contributed by atoms with Crippen LogP contribution in [0.25, 0.3) is 0 Å². The maximum absolute atomic E-state index is 12.5. The Morgan fingerprint density at radius 1 is 1.00 bits per heavy atom. The van der Waals surface area contributed by atoms with E-state index >= 15 is 0 Å². The number of benzene rings is 2. The highest BCUT2D eigenvalue weighted by Crippen LogP contribution is 2.18. The van der Waals surface area contributed by atoms with Crippen LogP contribution in [0.5, 0.6) is 0 Å². The van der Waals surface area contributed by atoms with Gasteiger partial charge in [-0.1, -0.05) is 23.7 Å². The average molecular weight is 438 g/mol. The molecule has 0 aliphatic carbocycles. The number of hydrogen-bond donors (Lipinski definition) is 3. The lowest BCUT2D eigenvalue weighted by Crippen LogP contribution is -2.43. The summed E-state index contributed by atoms with van der Waals surface area (Å²) >= 11 is 5.78. The van der Waals surface area contributed by atoms with E-state index in [1.165, 1.54) is 31.2 Å². The van der Waals surface area contributed by atoms with Crippen LogP contribution in [0.2, 0.25) is 5.02 Å². The Labute approximate surface area is 175 Å². The van der Waals surface area contributed by atoms with Gasteiger partial charge in [0.25, 0.3) is 5.91 Å². The van der Waals surface area contributed by atoms with Crippen molar-refractivity contribution in [1.29, 1.82) is 0 Å². The maximum Gasteiger partial charge on any atom is 0.253 e. The fraction of sp³-hybridized carbons (Fsp3) is 0.300. The molecule has 0 fully saturated rings. The molecule has 29 heavy (non-hydrogen) atoms. The predicted molar refractivity (Wildman–Crippen MR) is 114 cm³/mol. The zero-order valence-electron chi connectivity index (χ0n) is 16.6. The second-order valence-electron chi connectivity index (χ2n) is 7.54. The molecule has 7 nitrogen and oxygen atoms in total. The van der Waals surface area contributed by atoms with Crippen molar-refractivity contribution in [3.8, 4) is 0 Å². The summed E-state index contributed by atoms with van der Waals surface area (Å²) in [4.78, 5) is 25.0. The minimum Gasteiger partial charge on any atom is -0.347 e. The zero-order chi connectivity index (χ0) is 21.8. The van der Waals surface area contributed by atoms with E-state index in [1.807, 2.05) is 20.8 Å². The number of carbonyl (C=O) groups is 2. The van der Waals surface area contributed by atoms with Crippen LogP contribution in [-0.2, 0) is 14.8 Å². The molecule has 0 aromatic heterocycles. The summed E-state index contributed by atoms with van der Waals surface area (Å²) in [6.07, 6.45) is 0. The van der Waals surface area contributed by atoms with Gasteiger partial charge in [-0.05, 0) is 64.1 Å². The van der Waals surface area contributed by atoms with E-state index in [-0.39, 0.29) is 22.1 Å². The van der Waals surface area contributed by atoms with Crippen LogP contribution in [0.1, 0.15) is 38.1 Å². The smallest absolute Gasteiger partial charge is 0.253 e. The fourth-order valence-electron chi connectivity index (χ4n) is 2.41. The number of halogens is 1. The molecule has 0 radical (unpaired) electrons. The minimum absolute atomic E-state index is 0.00787. The van der Waals surface area contributed by atoms with E-state index < -0.39 is 27.5 Å². The van der Waals surface area contributed by atoms with Gasteiger partial charge in [-0.3, -0.25) is 9.59 Å². The molecule has 0 saturated carbocycles. The Morgan fingerprint density at radius 3 is 2.17 bits per heavy atom. The zero-order valence-corrected chi connectivity index (χ0v) is 18.2. The van der Waals surface area contributed by atoms with Crippen LogP contribution in [0.3, 0.4) is 0 Å². The number of hydrogen-bond acceptors (Lipinski definition) is 4. The molecule has 2 aromatic carbocycles. The van der Waals surface area contributed by atoms with E-state index in [4.69, 9.17) is 11.6 Å². The summed E-state index contributed by atoms with van der Waals surface area (Å²) in [5, 5.41) is 5.85. The van der Waals surface area contributed by atoms with Crippen molar-refractivity contribution in [2.45, 2.75) is 44.2 Å². The number of rotatable bonds is 6. The third kappa shape index (κ3) is 6.56. The molecule has 0 bridgehead atoms. The maximum atomic E-state index is 12.5. The van der Waals surface area contributed by atoms with Crippen LogP contribution in [0.15, 0.2) is 53.4 Å². The van der Waals surface area contributed by atoms with Crippen molar-refractivity contribution in [1.82, 2.24) is 10.0 Å². The van der Waals surface area contributed by atoms with Gasteiger partial charge in [0, 0.05) is 10.6 Å². The molecule has 2 aromatic rings. The van der Waals surface area contributed by atoms with Crippen molar-refractivity contribution in [2.75, 3.05) is 5.32 Å². The Morgan fingerprint density at radius 2 is 1.59 bits per heavy atom. The number of anilines is 1. The molecule has 2 amide bonds. The van der Waals surface area contributed by atoms with Gasteiger partial charge in [0.05, 0.1) is 22.2 Å². The molecular formula is C20H24ClN3O4S. The van der Waals surface area contributed by atoms with Crippen LogP contribution < -0.4 is 15.4 Å². The predicted octanol–water partition coefficient (Wildman–Crippen LogP) is 3.17. The lowest BCUT2D eigenvalue weighted by Gasteiger charge is -2.22. The van der Waals surface area contributed by atoms with Gasteiger partial charge in [-0.2, -0.15) is 4.72 Å². The molecule has 0 aliphatic heterocycles. The standard InChI is InChI=1S/C20H24ClN3O4S/c1-13(24-29(27,28)15-11-9-14(21)10-12-15)18(25)22-17-8-6-5-7-16(17)19(26)23-20(2,3)4/h5-13,24H,1-4H3,(H,22,25)(H,23,26)/t13-/m0/s1. The van der Waals surface area contributed by atoms with Gasteiger partial charge in [-0.25, -0.2) is 8.42 Å². The lowest BCUT2D eigenvalue weighted by molar-refractivity contribution is -0.117. The monoisotopic (exact) mass is 437 g/mol. The highest BCUT2D eigenvalue weighted by atomic mass is 35.5. The summed E-state index contributed by atoms with van der Waals surface area (Å²) in [5.41, 5.74) is 0.121. The van der Waals surface area contributed by atoms with E-state index in [0.29, 0.717) is 5.02 Å². The molecule has 9 heteroatoms. The summed E-state index contributed by atoms with van der Waals surface area (Å²) in [7, 11) is -3.91. The molecule has 0 saturated heterocycles. The molecular weight excluding hydrogens is 414 g/mol. The van der Waals surface area contributed by atoms with Crippen LogP contribution >= 0.6 is 11.6 Å². The first-order valence-electron chi connectivity index (χ1n) is 8.89. The largest absolute Gasteiger partial charge is 0.347 e. The highest BCUT2D eigenvalue weighted by Gasteiger charge is 2.24. The molecule has 1 atom stereocenters. The molecule has 0 heterocycles. The number of nitrogens with one attached hydrogen (secondary N) is 3. The number of amides is 2. The van der Waals surface area contributed by atoms with Crippen molar-refractivity contribution in [3.63, 3.8) is 0 Å². The van der Waals surface area contributed by atoms with Gasteiger partial charge in [0.2, 0.25) is 15.9 Å². The molecule has 2 rings (SSSR count). The van der Waals surface area contributed by atoms with Gasteiger partial charge in [0.15, 0.2) is 0 Å². The quantitative estimate of drug-likeness (QED) is 0.645. The Hall–Kier alpha value is -2.42. The van der Waals surface area contributed by atoms with E-state index in [9.17, 15) is 18.0 Å².